The Morgan fingerprint density at radius 3 is 2.29 bits per heavy atom. The first-order valence-corrected chi connectivity index (χ1v) is 19.3. The first-order chi connectivity index (χ1) is 15.3. The number of allylic oxidation sites excluding steroid dienone is 1. The van der Waals surface area contributed by atoms with E-state index in [0.717, 1.165) is 19.3 Å². The largest absolute Gasteiger partial charge is 0.451 e. The van der Waals surface area contributed by atoms with Gasteiger partial charge in [0.25, 0.3) is 6.47 Å². The van der Waals surface area contributed by atoms with Gasteiger partial charge in [0.15, 0.2) is 22.7 Å². The minimum Gasteiger partial charge on any atom is -0.451 e. The summed E-state index contributed by atoms with van der Waals surface area (Å²) in [6, 6.07) is 0. The molecular formula is C28H50O4Si2. The van der Waals surface area contributed by atoms with E-state index in [0.29, 0.717) is 18.5 Å². The highest BCUT2D eigenvalue weighted by Crippen LogP contribution is 2.56. The smallest absolute Gasteiger partial charge is 0.294 e. The van der Waals surface area contributed by atoms with Crippen molar-refractivity contribution in [3.63, 3.8) is 0 Å². The Morgan fingerprint density at radius 1 is 1.15 bits per heavy atom. The quantitative estimate of drug-likeness (QED) is 0.150. The number of carbonyl (C=O) groups excluding carboxylic acids is 1. The fourth-order valence-corrected chi connectivity index (χ4v) is 8.41. The molecule has 1 unspecified atom stereocenters. The van der Waals surface area contributed by atoms with E-state index in [1.54, 1.807) is 0 Å². The first-order valence-electron chi connectivity index (χ1n) is 13.0. The molecule has 2 aliphatic carbocycles. The van der Waals surface area contributed by atoms with Gasteiger partial charge in [-0.25, -0.2) is 0 Å². The van der Waals surface area contributed by atoms with Gasteiger partial charge in [-0.2, -0.15) is 0 Å². The monoisotopic (exact) mass is 506 g/mol. The second-order valence-corrected chi connectivity index (χ2v) is 22.8. The fraction of sp³-hybridized carbons (Fsp3) is 0.821. The van der Waals surface area contributed by atoms with E-state index in [9.17, 15) is 4.79 Å². The first kappa shape index (κ1) is 29.4. The van der Waals surface area contributed by atoms with Gasteiger partial charge in [0.2, 0.25) is 0 Å². The van der Waals surface area contributed by atoms with Crippen LogP contribution in [0.25, 0.3) is 0 Å². The Labute approximate surface area is 211 Å². The van der Waals surface area contributed by atoms with Crippen LogP contribution in [0.1, 0.15) is 74.1 Å². The number of fused-ring (bicyclic) bond motifs is 1. The molecule has 5 atom stereocenters. The summed E-state index contributed by atoms with van der Waals surface area (Å²) in [7, 11) is -3.60. The van der Waals surface area contributed by atoms with Gasteiger partial charge in [0, 0.05) is 12.0 Å². The van der Waals surface area contributed by atoms with Crippen molar-refractivity contribution < 1.29 is 18.4 Å². The zero-order chi connectivity index (χ0) is 26.2. The van der Waals surface area contributed by atoms with Crippen LogP contribution in [-0.4, -0.2) is 40.9 Å². The molecule has 0 aromatic heterocycles. The number of hydrogen-bond donors (Lipinski definition) is 0. The van der Waals surface area contributed by atoms with E-state index in [4.69, 9.17) is 13.6 Å². The van der Waals surface area contributed by atoms with Crippen molar-refractivity contribution in [3.05, 3.63) is 11.6 Å². The molecule has 4 nitrogen and oxygen atoms in total. The highest BCUT2D eigenvalue weighted by molar-refractivity contribution is 6.74. The Morgan fingerprint density at radius 2 is 1.76 bits per heavy atom. The van der Waals surface area contributed by atoms with Crippen molar-refractivity contribution in [2.24, 2.45) is 17.3 Å². The average molecular weight is 507 g/mol. The molecule has 0 N–H and O–H groups in total. The summed E-state index contributed by atoms with van der Waals surface area (Å²) in [5, 5.41) is 0.103. The zero-order valence-electron chi connectivity index (χ0n) is 23.9. The molecule has 194 valence electrons. The van der Waals surface area contributed by atoms with Crippen LogP contribution in [-0.2, 0) is 18.4 Å². The molecule has 0 aromatic carbocycles. The topological polar surface area (TPSA) is 44.8 Å². The van der Waals surface area contributed by atoms with Crippen LogP contribution >= 0.6 is 0 Å². The van der Waals surface area contributed by atoms with E-state index in [1.165, 1.54) is 12.0 Å². The number of ether oxygens (including phenoxy) is 1. The van der Waals surface area contributed by atoms with Gasteiger partial charge in [-0.05, 0) is 82.2 Å². The lowest BCUT2D eigenvalue weighted by Gasteiger charge is -2.47. The molecule has 0 radical (unpaired) electrons. The molecule has 0 aliphatic heterocycles. The summed E-state index contributed by atoms with van der Waals surface area (Å²) in [5.74, 6) is 7.16. The van der Waals surface area contributed by atoms with Crippen molar-refractivity contribution in [2.45, 2.75) is 130 Å². The van der Waals surface area contributed by atoms with Crippen LogP contribution in [0.5, 0.6) is 0 Å². The molecule has 0 aromatic rings. The van der Waals surface area contributed by atoms with Crippen LogP contribution in [0.2, 0.25) is 37.8 Å². The summed E-state index contributed by atoms with van der Waals surface area (Å²) in [6.07, 6.45) is 6.73. The summed E-state index contributed by atoms with van der Waals surface area (Å²) >= 11 is 0. The Balaban J connectivity index is 2.26. The molecule has 2 rings (SSSR count). The molecule has 0 saturated heterocycles. The van der Waals surface area contributed by atoms with Crippen molar-refractivity contribution >= 4 is 23.1 Å². The predicted octanol–water partition coefficient (Wildman–Crippen LogP) is 7.32. The van der Waals surface area contributed by atoms with Gasteiger partial charge in [0.05, 0.1) is 0 Å². The second kappa shape index (κ2) is 10.2. The predicted molar refractivity (Wildman–Crippen MR) is 147 cm³/mol. The van der Waals surface area contributed by atoms with Crippen molar-refractivity contribution in [1.82, 2.24) is 0 Å². The van der Waals surface area contributed by atoms with Crippen LogP contribution in [0.4, 0.5) is 0 Å². The van der Waals surface area contributed by atoms with Crippen molar-refractivity contribution in [3.8, 4) is 11.8 Å². The molecule has 34 heavy (non-hydrogen) atoms. The Hall–Kier alpha value is -0.876. The molecular weight excluding hydrogens is 456 g/mol. The highest BCUT2D eigenvalue weighted by Gasteiger charge is 2.50. The van der Waals surface area contributed by atoms with E-state index < -0.39 is 28.3 Å². The SMILES string of the molecule is C[C@@H](C1=CC[C@H]2[C@@H](O[Si](C)(C)C)CCC[C@]12C)C(C#CC(C)(C)O[Si](C)(C)C(C)(C)C)OC=O. The highest BCUT2D eigenvalue weighted by atomic mass is 28.4. The molecule has 0 spiro atoms. The summed E-state index contributed by atoms with van der Waals surface area (Å²) in [5.41, 5.74) is 0.845. The van der Waals surface area contributed by atoms with Crippen LogP contribution in [0, 0.1) is 29.1 Å². The Bertz CT molecular complexity index is 822. The van der Waals surface area contributed by atoms with Gasteiger partial charge in [-0.15, -0.1) is 0 Å². The van der Waals surface area contributed by atoms with E-state index >= 15 is 0 Å². The third-order valence-corrected chi connectivity index (χ3v) is 13.8. The molecule has 1 saturated carbocycles. The summed E-state index contributed by atoms with van der Waals surface area (Å²) < 4.78 is 18.8. The molecule has 6 heteroatoms. The van der Waals surface area contributed by atoms with Gasteiger partial charge in [0.1, 0.15) is 5.60 Å². The van der Waals surface area contributed by atoms with Gasteiger partial charge < -0.3 is 13.6 Å². The minimum absolute atomic E-state index is 0.0296. The average Bonchev–Trinajstić information content (AvgIpc) is 2.99. The number of hydrogen-bond acceptors (Lipinski definition) is 4. The lowest BCUT2D eigenvalue weighted by atomic mass is 9.63. The maximum absolute atomic E-state index is 11.4. The zero-order valence-corrected chi connectivity index (χ0v) is 25.9. The van der Waals surface area contributed by atoms with Gasteiger partial charge in [-0.1, -0.05) is 64.5 Å². The van der Waals surface area contributed by atoms with Gasteiger partial charge >= 0.3 is 0 Å². The van der Waals surface area contributed by atoms with E-state index in [-0.39, 0.29) is 16.4 Å². The molecule has 0 amide bonds. The van der Waals surface area contributed by atoms with E-state index in [2.05, 4.69) is 85.3 Å². The van der Waals surface area contributed by atoms with Crippen LogP contribution in [0.15, 0.2) is 11.6 Å². The lowest BCUT2D eigenvalue weighted by molar-refractivity contribution is -0.132. The summed E-state index contributed by atoms with van der Waals surface area (Å²) in [4.78, 5) is 11.4. The normalized spacial score (nSPS) is 27.7. The van der Waals surface area contributed by atoms with Gasteiger partial charge in [-0.3, -0.25) is 4.79 Å². The number of carbonyl (C=O) groups is 1. The lowest BCUT2D eigenvalue weighted by Crippen LogP contribution is -2.47. The maximum Gasteiger partial charge on any atom is 0.294 e. The van der Waals surface area contributed by atoms with E-state index in [1.807, 2.05) is 13.8 Å². The second-order valence-electron chi connectivity index (χ2n) is 13.7. The van der Waals surface area contributed by atoms with Crippen LogP contribution in [0.3, 0.4) is 0 Å². The Kier molecular flexibility index (Phi) is 8.84. The van der Waals surface area contributed by atoms with Crippen molar-refractivity contribution in [2.75, 3.05) is 0 Å². The standard InChI is InChI=1S/C28H50O4Si2/c1-21(22-15-16-23-25(31-33(8,9)10)14-13-18-28(22,23)7)24(30-20-29)17-19-27(5,6)32-34(11,12)26(2,3)4/h15,20-21,23-25H,13-14,16,18H2,1-12H3/t21-,23-,24?,25-,28+/m0/s1. The molecule has 0 heterocycles. The molecule has 1 fully saturated rings. The maximum atomic E-state index is 11.4. The molecule has 2 aliphatic rings. The summed E-state index contributed by atoms with van der Waals surface area (Å²) in [6.45, 7) is 27.2. The van der Waals surface area contributed by atoms with Crippen molar-refractivity contribution in [1.29, 1.82) is 0 Å². The fourth-order valence-electron chi connectivity index (χ4n) is 5.59. The number of rotatable bonds is 8. The van der Waals surface area contributed by atoms with Crippen LogP contribution < -0.4 is 0 Å². The third kappa shape index (κ3) is 6.87. The molecule has 0 bridgehead atoms. The minimum atomic E-state index is -1.98. The third-order valence-electron chi connectivity index (χ3n) is 8.19.